The van der Waals surface area contributed by atoms with Gasteiger partial charge < -0.3 is 0 Å². The van der Waals surface area contributed by atoms with Gasteiger partial charge in [-0.2, -0.15) is 0 Å². The van der Waals surface area contributed by atoms with Crippen molar-refractivity contribution in [2.45, 2.75) is 13.8 Å². The molecule has 2 heteroatoms. The van der Waals surface area contributed by atoms with Crippen molar-refractivity contribution in [3.05, 3.63) is 102 Å². The van der Waals surface area contributed by atoms with Crippen LogP contribution in [0, 0.1) is 13.0 Å². The minimum absolute atomic E-state index is 0. The molecule has 0 fully saturated rings. The standard InChI is InChI=1S/C22H19.2W/c1-17-8-10-19(11-9-17)16-18(2)20-12-14-22(15-13-20)21-6-4-3-5-7-21;;/h3-15H,1-2H3;;/q-1;;. The molecule has 0 bridgehead atoms. The minimum Gasteiger partial charge on any atom is -0.149 e. The summed E-state index contributed by atoms with van der Waals surface area (Å²) in [5, 5.41) is 0. The molecule has 24 heavy (non-hydrogen) atoms. The van der Waals surface area contributed by atoms with E-state index < -0.39 is 0 Å². The summed E-state index contributed by atoms with van der Waals surface area (Å²) in [4.78, 5) is 0. The third-order valence-corrected chi connectivity index (χ3v) is 3.81. The van der Waals surface area contributed by atoms with Crippen LogP contribution in [0.5, 0.6) is 0 Å². The smallest absolute Gasteiger partial charge is 0 e. The number of rotatable bonds is 3. The van der Waals surface area contributed by atoms with E-state index >= 15 is 0 Å². The van der Waals surface area contributed by atoms with Crippen LogP contribution in [0.3, 0.4) is 0 Å². The van der Waals surface area contributed by atoms with Crippen LogP contribution in [0.15, 0.2) is 78.9 Å². The molecule has 0 saturated carbocycles. The molecule has 0 spiro atoms. The molecule has 0 aliphatic rings. The monoisotopic (exact) mass is 651 g/mol. The molecular formula is C22H19W2-. The van der Waals surface area contributed by atoms with Gasteiger partial charge in [-0.15, -0.1) is 41.5 Å². The van der Waals surface area contributed by atoms with Gasteiger partial charge >= 0.3 is 0 Å². The molecule has 3 aromatic rings. The Balaban J connectivity index is 0.00000144. The first kappa shape index (κ1) is 20.8. The second kappa shape index (κ2) is 9.92. The van der Waals surface area contributed by atoms with Crippen LogP contribution in [0.1, 0.15) is 23.6 Å². The van der Waals surface area contributed by atoms with Gasteiger partial charge in [0.05, 0.1) is 0 Å². The average molecular weight is 651 g/mol. The summed E-state index contributed by atoms with van der Waals surface area (Å²) >= 11 is 0. The van der Waals surface area contributed by atoms with Gasteiger partial charge in [-0.25, -0.2) is 0 Å². The molecule has 0 amide bonds. The number of hydrogen-bond donors (Lipinski definition) is 0. The molecule has 0 saturated heterocycles. The first-order valence-electron chi connectivity index (χ1n) is 7.55. The maximum atomic E-state index is 3.46. The van der Waals surface area contributed by atoms with Gasteiger partial charge in [0.1, 0.15) is 0 Å². The van der Waals surface area contributed by atoms with Gasteiger partial charge in [-0.05, 0) is 18.1 Å². The van der Waals surface area contributed by atoms with Crippen molar-refractivity contribution in [1.82, 2.24) is 0 Å². The Labute approximate surface area is 173 Å². The third kappa shape index (κ3) is 5.40. The Morgan fingerprint density at radius 1 is 0.667 bits per heavy atom. The van der Waals surface area contributed by atoms with Crippen molar-refractivity contribution in [3.8, 4) is 11.1 Å². The third-order valence-electron chi connectivity index (χ3n) is 3.81. The van der Waals surface area contributed by atoms with Crippen LogP contribution >= 0.6 is 0 Å². The molecule has 0 atom stereocenters. The van der Waals surface area contributed by atoms with Gasteiger partial charge in [-0.3, -0.25) is 0 Å². The van der Waals surface area contributed by atoms with Crippen molar-refractivity contribution in [2.24, 2.45) is 0 Å². The number of hydrogen-bond acceptors (Lipinski definition) is 0. The van der Waals surface area contributed by atoms with Crippen LogP contribution in [-0.4, -0.2) is 0 Å². The van der Waals surface area contributed by atoms with E-state index in [9.17, 15) is 0 Å². The fourth-order valence-corrected chi connectivity index (χ4v) is 2.47. The molecule has 0 N–H and O–H groups in total. The summed E-state index contributed by atoms with van der Waals surface area (Å²) in [6.45, 7) is 4.21. The Hall–Kier alpha value is -1.22. The molecule has 0 aromatic heterocycles. The van der Waals surface area contributed by atoms with E-state index in [0.717, 1.165) is 11.1 Å². The van der Waals surface area contributed by atoms with Crippen molar-refractivity contribution < 1.29 is 42.1 Å². The first-order chi connectivity index (χ1) is 10.7. The summed E-state index contributed by atoms with van der Waals surface area (Å²) in [5.41, 5.74) is 7.25. The Bertz CT molecular complexity index is 770. The fraction of sp³-hybridized carbons (Fsp3) is 0.0909. The Kier molecular flexibility index (Phi) is 8.61. The molecule has 0 heterocycles. The van der Waals surface area contributed by atoms with Crippen molar-refractivity contribution in [2.75, 3.05) is 0 Å². The van der Waals surface area contributed by atoms with Gasteiger partial charge in [-0.1, -0.05) is 72.6 Å². The minimum atomic E-state index is 0. The van der Waals surface area contributed by atoms with E-state index in [2.05, 4.69) is 92.7 Å². The van der Waals surface area contributed by atoms with Gasteiger partial charge in [0, 0.05) is 42.1 Å². The predicted molar refractivity (Wildman–Crippen MR) is 94.5 cm³/mol. The maximum Gasteiger partial charge on any atom is 0 e. The van der Waals surface area contributed by atoms with Gasteiger partial charge in [0.2, 0.25) is 0 Å². The summed E-state index contributed by atoms with van der Waals surface area (Å²) < 4.78 is 0. The normalized spacial score (nSPS) is 10.5. The van der Waals surface area contributed by atoms with Crippen LogP contribution in [0.25, 0.3) is 16.7 Å². The second-order valence-corrected chi connectivity index (χ2v) is 5.56. The molecule has 0 radical (unpaired) electrons. The maximum absolute atomic E-state index is 3.46. The summed E-state index contributed by atoms with van der Waals surface area (Å²) in [6.07, 6.45) is 3.46. The topological polar surface area (TPSA) is 0 Å². The molecule has 0 aliphatic carbocycles. The van der Waals surface area contributed by atoms with E-state index in [1.807, 2.05) is 6.07 Å². The molecule has 0 unspecified atom stereocenters. The predicted octanol–water partition coefficient (Wildman–Crippen LogP) is 5.91. The molecule has 0 aliphatic heterocycles. The number of allylic oxidation sites excluding steroid dienone is 1. The fourth-order valence-electron chi connectivity index (χ4n) is 2.47. The molecule has 3 rings (SSSR count). The van der Waals surface area contributed by atoms with E-state index in [4.69, 9.17) is 0 Å². The molecular weight excluding hydrogens is 632 g/mol. The van der Waals surface area contributed by atoms with E-state index in [1.165, 1.54) is 22.3 Å². The molecule has 3 aromatic carbocycles. The summed E-state index contributed by atoms with van der Waals surface area (Å²) in [6, 6.07) is 27.6. The zero-order chi connectivity index (χ0) is 15.4. The second-order valence-electron chi connectivity index (χ2n) is 5.56. The number of benzene rings is 3. The zero-order valence-corrected chi connectivity index (χ0v) is 19.7. The van der Waals surface area contributed by atoms with Crippen molar-refractivity contribution >= 4 is 5.57 Å². The van der Waals surface area contributed by atoms with Gasteiger partial charge in [0.15, 0.2) is 0 Å². The van der Waals surface area contributed by atoms with Crippen LogP contribution < -0.4 is 0 Å². The largest absolute Gasteiger partial charge is 0.149 e. The summed E-state index contributed by atoms with van der Waals surface area (Å²) in [5.74, 6) is 0. The first-order valence-corrected chi connectivity index (χ1v) is 7.55. The Morgan fingerprint density at radius 3 is 1.79 bits per heavy atom. The van der Waals surface area contributed by atoms with Crippen molar-refractivity contribution in [3.63, 3.8) is 0 Å². The molecule has 120 valence electrons. The van der Waals surface area contributed by atoms with Crippen LogP contribution in [0.2, 0.25) is 0 Å². The van der Waals surface area contributed by atoms with Crippen LogP contribution in [0.4, 0.5) is 0 Å². The zero-order valence-electron chi connectivity index (χ0n) is 13.8. The Morgan fingerprint density at radius 2 is 1.21 bits per heavy atom. The van der Waals surface area contributed by atoms with Gasteiger partial charge in [0.25, 0.3) is 0 Å². The van der Waals surface area contributed by atoms with Crippen molar-refractivity contribution in [1.29, 1.82) is 0 Å². The van der Waals surface area contributed by atoms with E-state index in [0.29, 0.717) is 0 Å². The van der Waals surface area contributed by atoms with E-state index in [-0.39, 0.29) is 42.1 Å². The summed E-state index contributed by atoms with van der Waals surface area (Å²) in [7, 11) is 0. The quantitative estimate of drug-likeness (QED) is 0.244. The van der Waals surface area contributed by atoms with Crippen LogP contribution in [-0.2, 0) is 42.1 Å². The van der Waals surface area contributed by atoms with E-state index in [1.54, 1.807) is 0 Å². The molecule has 0 nitrogen and oxygen atoms in total. The number of aryl methyl sites for hydroxylation is 1. The average Bonchev–Trinajstić information content (AvgIpc) is 2.58. The SMILES string of the molecule is CC(=[C-]c1ccc(C)cc1)c1ccc(-c2ccccc2)cc1.[W].[W].